The average Bonchev–Trinajstić information content (AvgIpc) is 3.08. The van der Waals surface area contributed by atoms with Crippen LogP contribution in [0.3, 0.4) is 0 Å². The number of hydrogen-bond donors (Lipinski definition) is 0. The number of anilines is 1. The Kier molecular flexibility index (Phi) is 3.41. The summed E-state index contributed by atoms with van der Waals surface area (Å²) in [6, 6.07) is 14.4. The van der Waals surface area contributed by atoms with Crippen LogP contribution in [0.5, 0.6) is 0 Å². The van der Waals surface area contributed by atoms with Crippen molar-refractivity contribution in [3.8, 4) is 0 Å². The first kappa shape index (κ1) is 14.9. The second-order valence-electron chi connectivity index (χ2n) is 6.77. The summed E-state index contributed by atoms with van der Waals surface area (Å²) < 4.78 is 2.12. The van der Waals surface area contributed by atoms with E-state index in [9.17, 15) is 4.79 Å². The monoisotopic (exact) mass is 319 g/mol. The number of nitrogens with zero attached hydrogens (tertiary/aromatic N) is 3. The Morgan fingerprint density at radius 3 is 2.50 bits per heavy atom. The molecular formula is C20H21N3O. The number of imidazole rings is 1. The molecule has 1 atom stereocenters. The minimum Gasteiger partial charge on any atom is -0.331 e. The fraction of sp³-hybridized carbons (Fsp3) is 0.300. The van der Waals surface area contributed by atoms with Gasteiger partial charge in [0, 0.05) is 31.6 Å². The largest absolute Gasteiger partial charge is 0.331 e. The van der Waals surface area contributed by atoms with Gasteiger partial charge in [0.05, 0.1) is 11.0 Å². The van der Waals surface area contributed by atoms with E-state index in [1.807, 2.05) is 30.1 Å². The smallest absolute Gasteiger partial charge is 0.227 e. The molecule has 1 aliphatic heterocycles. The minimum absolute atomic E-state index is 0.135. The Morgan fingerprint density at radius 1 is 1.08 bits per heavy atom. The number of para-hydroxylation sites is 2. The van der Waals surface area contributed by atoms with Crippen LogP contribution in [0, 0.1) is 13.8 Å². The summed E-state index contributed by atoms with van der Waals surface area (Å²) >= 11 is 0. The second kappa shape index (κ2) is 5.48. The van der Waals surface area contributed by atoms with Crippen molar-refractivity contribution < 1.29 is 4.79 Å². The second-order valence-corrected chi connectivity index (χ2v) is 6.77. The number of carbonyl (C=O) groups excluding carboxylic acids is 1. The van der Waals surface area contributed by atoms with E-state index in [2.05, 4.69) is 42.7 Å². The molecule has 0 radical (unpaired) electrons. The zero-order valence-electron chi connectivity index (χ0n) is 14.3. The van der Waals surface area contributed by atoms with Crippen LogP contribution in [0.4, 0.5) is 5.69 Å². The fourth-order valence-corrected chi connectivity index (χ4v) is 3.77. The lowest BCUT2D eigenvalue weighted by Crippen LogP contribution is -2.24. The molecule has 2 aromatic carbocycles. The number of amides is 1. The van der Waals surface area contributed by atoms with Crippen molar-refractivity contribution in [3.63, 3.8) is 0 Å². The van der Waals surface area contributed by atoms with Crippen molar-refractivity contribution in [2.24, 2.45) is 7.05 Å². The van der Waals surface area contributed by atoms with E-state index < -0.39 is 0 Å². The molecule has 0 aliphatic carbocycles. The lowest BCUT2D eigenvalue weighted by atomic mass is 10.1. The maximum atomic E-state index is 12.6. The Labute approximate surface area is 141 Å². The highest BCUT2D eigenvalue weighted by atomic mass is 16.2. The molecule has 4 rings (SSSR count). The Balaban J connectivity index is 1.69. The summed E-state index contributed by atoms with van der Waals surface area (Å²) in [6.45, 7) is 4.83. The molecule has 4 nitrogen and oxygen atoms in total. The molecule has 0 unspecified atom stereocenters. The molecular weight excluding hydrogens is 298 g/mol. The highest BCUT2D eigenvalue weighted by Gasteiger charge is 2.34. The third-order valence-electron chi connectivity index (χ3n) is 4.83. The number of carbonyl (C=O) groups is 1. The topological polar surface area (TPSA) is 38.1 Å². The van der Waals surface area contributed by atoms with Crippen LogP contribution >= 0.6 is 0 Å². The summed E-state index contributed by atoms with van der Waals surface area (Å²) in [5, 5.41) is 0. The van der Waals surface area contributed by atoms with Crippen LogP contribution in [0.15, 0.2) is 42.5 Å². The third kappa shape index (κ3) is 2.39. The molecule has 0 bridgehead atoms. The van der Waals surface area contributed by atoms with Gasteiger partial charge in [0.15, 0.2) is 0 Å². The predicted octanol–water partition coefficient (Wildman–Crippen LogP) is 3.71. The van der Waals surface area contributed by atoms with Gasteiger partial charge < -0.3 is 9.47 Å². The standard InChI is InChI=1S/C20H21N3O/c1-13-8-14(2)10-16(9-13)23-12-15(11-19(23)24)20-21-17-6-4-5-7-18(17)22(20)3/h4-10,15H,11-12H2,1-3H3/t15-/m1/s1. The minimum atomic E-state index is 0.135. The Bertz CT molecular complexity index is 921. The average molecular weight is 319 g/mol. The number of benzene rings is 2. The first-order valence-corrected chi connectivity index (χ1v) is 8.33. The lowest BCUT2D eigenvalue weighted by molar-refractivity contribution is -0.117. The summed E-state index contributed by atoms with van der Waals surface area (Å²) in [7, 11) is 2.04. The van der Waals surface area contributed by atoms with E-state index >= 15 is 0 Å². The van der Waals surface area contributed by atoms with Gasteiger partial charge in [-0.25, -0.2) is 4.98 Å². The van der Waals surface area contributed by atoms with Crippen LogP contribution in [0.25, 0.3) is 11.0 Å². The van der Waals surface area contributed by atoms with E-state index in [4.69, 9.17) is 4.98 Å². The van der Waals surface area contributed by atoms with Crippen molar-refractivity contribution in [2.45, 2.75) is 26.2 Å². The van der Waals surface area contributed by atoms with Crippen LogP contribution in [-0.4, -0.2) is 22.0 Å². The van der Waals surface area contributed by atoms with Crippen molar-refractivity contribution in [3.05, 3.63) is 59.4 Å². The molecule has 1 amide bonds. The van der Waals surface area contributed by atoms with Gasteiger partial charge in [-0.15, -0.1) is 0 Å². The van der Waals surface area contributed by atoms with Gasteiger partial charge >= 0.3 is 0 Å². The molecule has 122 valence electrons. The maximum absolute atomic E-state index is 12.6. The van der Waals surface area contributed by atoms with E-state index in [-0.39, 0.29) is 11.8 Å². The maximum Gasteiger partial charge on any atom is 0.227 e. The molecule has 2 heterocycles. The van der Waals surface area contributed by atoms with Gasteiger partial charge in [-0.3, -0.25) is 4.79 Å². The molecule has 0 spiro atoms. The van der Waals surface area contributed by atoms with E-state index in [0.717, 1.165) is 22.5 Å². The fourth-order valence-electron chi connectivity index (χ4n) is 3.77. The predicted molar refractivity (Wildman–Crippen MR) is 96.3 cm³/mol. The van der Waals surface area contributed by atoms with Crippen molar-refractivity contribution in [2.75, 3.05) is 11.4 Å². The number of aryl methyl sites for hydroxylation is 3. The van der Waals surface area contributed by atoms with Crippen LogP contribution in [0.2, 0.25) is 0 Å². The lowest BCUT2D eigenvalue weighted by Gasteiger charge is -2.18. The van der Waals surface area contributed by atoms with E-state index in [1.165, 1.54) is 11.1 Å². The number of rotatable bonds is 2. The van der Waals surface area contributed by atoms with Crippen LogP contribution in [-0.2, 0) is 11.8 Å². The molecule has 1 fully saturated rings. The van der Waals surface area contributed by atoms with Crippen LogP contribution in [0.1, 0.15) is 29.3 Å². The highest BCUT2D eigenvalue weighted by molar-refractivity contribution is 5.96. The van der Waals surface area contributed by atoms with Crippen molar-refractivity contribution in [1.82, 2.24) is 9.55 Å². The zero-order chi connectivity index (χ0) is 16.8. The molecule has 24 heavy (non-hydrogen) atoms. The molecule has 1 aliphatic rings. The van der Waals surface area contributed by atoms with E-state index in [0.29, 0.717) is 13.0 Å². The number of fused-ring (bicyclic) bond motifs is 1. The Morgan fingerprint density at radius 2 is 1.79 bits per heavy atom. The molecule has 1 aromatic heterocycles. The van der Waals surface area contributed by atoms with Gasteiger partial charge in [0.2, 0.25) is 5.91 Å². The van der Waals surface area contributed by atoms with E-state index in [1.54, 1.807) is 0 Å². The van der Waals surface area contributed by atoms with Gasteiger partial charge in [0.1, 0.15) is 5.82 Å². The first-order chi connectivity index (χ1) is 11.5. The summed E-state index contributed by atoms with van der Waals surface area (Å²) in [5.74, 6) is 1.31. The molecule has 0 N–H and O–H groups in total. The van der Waals surface area contributed by atoms with Gasteiger partial charge in [-0.2, -0.15) is 0 Å². The molecule has 4 heteroatoms. The molecule has 3 aromatic rings. The summed E-state index contributed by atoms with van der Waals surface area (Å²) in [6.07, 6.45) is 0.518. The Hall–Kier alpha value is -2.62. The quantitative estimate of drug-likeness (QED) is 0.722. The van der Waals surface area contributed by atoms with Crippen molar-refractivity contribution in [1.29, 1.82) is 0 Å². The van der Waals surface area contributed by atoms with Crippen LogP contribution < -0.4 is 4.90 Å². The zero-order valence-corrected chi connectivity index (χ0v) is 14.3. The molecule has 1 saturated heterocycles. The number of hydrogen-bond acceptors (Lipinski definition) is 2. The SMILES string of the molecule is Cc1cc(C)cc(N2C[C@H](c3nc4ccccc4n3C)CC2=O)c1. The summed E-state index contributed by atoms with van der Waals surface area (Å²) in [5.41, 5.74) is 5.48. The molecule has 0 saturated carbocycles. The summed E-state index contributed by atoms with van der Waals surface area (Å²) in [4.78, 5) is 19.3. The van der Waals surface area contributed by atoms with Gasteiger partial charge in [-0.1, -0.05) is 18.2 Å². The van der Waals surface area contributed by atoms with Gasteiger partial charge in [0.25, 0.3) is 0 Å². The van der Waals surface area contributed by atoms with Crippen molar-refractivity contribution >= 4 is 22.6 Å². The third-order valence-corrected chi connectivity index (χ3v) is 4.83. The first-order valence-electron chi connectivity index (χ1n) is 8.33. The number of aromatic nitrogens is 2. The normalized spacial score (nSPS) is 17.9. The highest BCUT2D eigenvalue weighted by Crippen LogP contribution is 2.33. The van der Waals surface area contributed by atoms with Gasteiger partial charge in [-0.05, 0) is 49.2 Å².